The first-order chi connectivity index (χ1) is 9.20. The molecule has 0 radical (unpaired) electrons. The number of hydrogen-bond acceptors (Lipinski definition) is 3. The highest BCUT2D eigenvalue weighted by Crippen LogP contribution is 2.17. The molecule has 106 valence electrons. The second-order valence-corrected chi connectivity index (χ2v) is 5.71. The summed E-state index contributed by atoms with van der Waals surface area (Å²) in [5.74, 6) is 0. The first-order valence-electron chi connectivity index (χ1n) is 7.33. The highest BCUT2D eigenvalue weighted by atomic mass is 16.3. The van der Waals surface area contributed by atoms with Crippen molar-refractivity contribution < 1.29 is 5.11 Å². The normalized spacial score (nSPS) is 22.0. The molecule has 0 bridgehead atoms. The zero-order valence-corrected chi connectivity index (χ0v) is 12.1. The predicted octanol–water partition coefficient (Wildman–Crippen LogP) is 1.96. The van der Waals surface area contributed by atoms with Crippen LogP contribution in [0.15, 0.2) is 30.3 Å². The van der Waals surface area contributed by atoms with Gasteiger partial charge in [-0.1, -0.05) is 30.3 Å². The number of aliphatic hydroxyl groups excluding tert-OH is 1. The van der Waals surface area contributed by atoms with Gasteiger partial charge in [-0.3, -0.25) is 9.80 Å². The van der Waals surface area contributed by atoms with Crippen LogP contribution in [0.25, 0.3) is 0 Å². The Morgan fingerprint density at radius 1 is 1.21 bits per heavy atom. The number of rotatable bonds is 5. The standard InChI is InChI=1S/C16H26N2O/c1-14(2)17-9-10-18(16(13-17)8-11-19)12-15-6-4-3-5-7-15/h3-7,14,16,19H,8-13H2,1-2H3/t16-/m0/s1. The Kier molecular flexibility index (Phi) is 5.37. The van der Waals surface area contributed by atoms with E-state index in [1.54, 1.807) is 0 Å². The van der Waals surface area contributed by atoms with E-state index < -0.39 is 0 Å². The van der Waals surface area contributed by atoms with Gasteiger partial charge in [0.15, 0.2) is 0 Å². The molecule has 0 spiro atoms. The van der Waals surface area contributed by atoms with Crippen molar-refractivity contribution in [1.29, 1.82) is 0 Å². The topological polar surface area (TPSA) is 26.7 Å². The molecular weight excluding hydrogens is 236 g/mol. The Labute approximate surface area is 116 Å². The minimum Gasteiger partial charge on any atom is -0.396 e. The van der Waals surface area contributed by atoms with Crippen LogP contribution in [0.3, 0.4) is 0 Å². The van der Waals surface area contributed by atoms with Gasteiger partial charge >= 0.3 is 0 Å². The summed E-state index contributed by atoms with van der Waals surface area (Å²) in [7, 11) is 0. The van der Waals surface area contributed by atoms with Crippen LogP contribution in [0.2, 0.25) is 0 Å². The van der Waals surface area contributed by atoms with E-state index in [1.165, 1.54) is 5.56 Å². The zero-order chi connectivity index (χ0) is 13.7. The second-order valence-electron chi connectivity index (χ2n) is 5.71. The largest absolute Gasteiger partial charge is 0.396 e. The van der Waals surface area contributed by atoms with Crippen molar-refractivity contribution in [2.45, 2.75) is 38.9 Å². The SMILES string of the molecule is CC(C)N1CCN(Cc2ccccc2)[C@@H](CCO)C1. The van der Waals surface area contributed by atoms with Gasteiger partial charge in [0.2, 0.25) is 0 Å². The average Bonchev–Trinajstić information content (AvgIpc) is 2.42. The Bertz CT molecular complexity index is 366. The van der Waals surface area contributed by atoms with Crippen molar-refractivity contribution in [1.82, 2.24) is 9.80 Å². The van der Waals surface area contributed by atoms with E-state index in [1.807, 2.05) is 0 Å². The summed E-state index contributed by atoms with van der Waals surface area (Å²) in [6, 6.07) is 11.7. The molecule has 3 nitrogen and oxygen atoms in total. The van der Waals surface area contributed by atoms with Gasteiger partial charge in [-0.05, 0) is 25.8 Å². The van der Waals surface area contributed by atoms with Gasteiger partial charge in [0.25, 0.3) is 0 Å². The lowest BCUT2D eigenvalue weighted by atomic mass is 10.1. The molecule has 1 saturated heterocycles. The van der Waals surface area contributed by atoms with Gasteiger partial charge in [-0.2, -0.15) is 0 Å². The van der Waals surface area contributed by atoms with Crippen molar-refractivity contribution in [3.63, 3.8) is 0 Å². The first kappa shape index (κ1) is 14.5. The number of aliphatic hydroxyl groups is 1. The van der Waals surface area contributed by atoms with Crippen LogP contribution >= 0.6 is 0 Å². The third kappa shape index (κ3) is 4.03. The van der Waals surface area contributed by atoms with Crippen LogP contribution in [0.5, 0.6) is 0 Å². The fourth-order valence-electron chi connectivity index (χ4n) is 2.83. The van der Waals surface area contributed by atoms with Crippen LogP contribution in [0.1, 0.15) is 25.8 Å². The van der Waals surface area contributed by atoms with Crippen LogP contribution in [0.4, 0.5) is 0 Å². The number of hydrogen-bond donors (Lipinski definition) is 1. The molecule has 1 aromatic rings. The maximum Gasteiger partial charge on any atom is 0.0446 e. The van der Waals surface area contributed by atoms with Crippen LogP contribution in [0, 0.1) is 0 Å². The molecular formula is C16H26N2O. The molecule has 1 aliphatic rings. The number of benzene rings is 1. The van der Waals surface area contributed by atoms with E-state index >= 15 is 0 Å². The smallest absolute Gasteiger partial charge is 0.0446 e. The van der Waals surface area contributed by atoms with Gasteiger partial charge in [-0.25, -0.2) is 0 Å². The van der Waals surface area contributed by atoms with Gasteiger partial charge in [0, 0.05) is 44.9 Å². The molecule has 1 heterocycles. The fraction of sp³-hybridized carbons (Fsp3) is 0.625. The summed E-state index contributed by atoms with van der Waals surface area (Å²) in [5.41, 5.74) is 1.36. The maximum atomic E-state index is 9.28. The monoisotopic (exact) mass is 262 g/mol. The van der Waals surface area contributed by atoms with E-state index in [9.17, 15) is 5.11 Å². The first-order valence-corrected chi connectivity index (χ1v) is 7.33. The minimum atomic E-state index is 0.280. The van der Waals surface area contributed by atoms with Crippen molar-refractivity contribution in [2.24, 2.45) is 0 Å². The van der Waals surface area contributed by atoms with Crippen molar-refractivity contribution in [2.75, 3.05) is 26.2 Å². The molecule has 0 saturated carbocycles. The number of nitrogens with zero attached hydrogens (tertiary/aromatic N) is 2. The fourth-order valence-corrected chi connectivity index (χ4v) is 2.83. The van der Waals surface area contributed by atoms with Crippen LogP contribution < -0.4 is 0 Å². The summed E-state index contributed by atoms with van der Waals surface area (Å²) < 4.78 is 0. The lowest BCUT2D eigenvalue weighted by Gasteiger charge is -2.43. The van der Waals surface area contributed by atoms with Crippen LogP contribution in [-0.4, -0.2) is 53.2 Å². The second kappa shape index (κ2) is 7.04. The molecule has 19 heavy (non-hydrogen) atoms. The third-order valence-electron chi connectivity index (χ3n) is 4.06. The predicted molar refractivity (Wildman–Crippen MR) is 79.1 cm³/mol. The molecule has 0 unspecified atom stereocenters. The summed E-state index contributed by atoms with van der Waals surface area (Å²) >= 11 is 0. The van der Waals surface area contributed by atoms with Gasteiger partial charge in [0.05, 0.1) is 0 Å². The highest BCUT2D eigenvalue weighted by molar-refractivity contribution is 5.14. The molecule has 1 N–H and O–H groups in total. The molecule has 1 atom stereocenters. The number of piperazine rings is 1. The highest BCUT2D eigenvalue weighted by Gasteiger charge is 2.27. The Balaban J connectivity index is 1.99. The third-order valence-corrected chi connectivity index (χ3v) is 4.06. The maximum absolute atomic E-state index is 9.28. The van der Waals surface area contributed by atoms with E-state index in [-0.39, 0.29) is 6.61 Å². The van der Waals surface area contributed by atoms with Crippen LogP contribution in [-0.2, 0) is 6.54 Å². The van der Waals surface area contributed by atoms with E-state index in [2.05, 4.69) is 54.0 Å². The van der Waals surface area contributed by atoms with Gasteiger partial charge in [-0.15, -0.1) is 0 Å². The Hall–Kier alpha value is -0.900. The summed E-state index contributed by atoms with van der Waals surface area (Å²) in [6.45, 7) is 9.08. The Morgan fingerprint density at radius 3 is 2.58 bits per heavy atom. The quantitative estimate of drug-likeness (QED) is 0.879. The molecule has 0 aromatic heterocycles. The average molecular weight is 262 g/mol. The van der Waals surface area contributed by atoms with Crippen molar-refractivity contribution >= 4 is 0 Å². The van der Waals surface area contributed by atoms with Crippen molar-refractivity contribution in [3.05, 3.63) is 35.9 Å². The lowest BCUT2D eigenvalue weighted by molar-refractivity contribution is 0.0389. The Morgan fingerprint density at radius 2 is 1.95 bits per heavy atom. The van der Waals surface area contributed by atoms with Gasteiger partial charge in [0.1, 0.15) is 0 Å². The summed E-state index contributed by atoms with van der Waals surface area (Å²) in [4.78, 5) is 5.03. The molecule has 1 aliphatic heterocycles. The minimum absolute atomic E-state index is 0.280. The lowest BCUT2D eigenvalue weighted by Crippen LogP contribution is -2.54. The molecule has 1 fully saturated rings. The van der Waals surface area contributed by atoms with Gasteiger partial charge < -0.3 is 5.11 Å². The molecule has 0 amide bonds. The van der Waals surface area contributed by atoms with E-state index in [0.717, 1.165) is 32.6 Å². The zero-order valence-electron chi connectivity index (χ0n) is 12.1. The van der Waals surface area contributed by atoms with E-state index in [0.29, 0.717) is 12.1 Å². The summed E-state index contributed by atoms with van der Waals surface area (Å²) in [6.07, 6.45) is 0.871. The van der Waals surface area contributed by atoms with Crippen molar-refractivity contribution in [3.8, 4) is 0 Å². The molecule has 2 rings (SSSR count). The molecule has 0 aliphatic carbocycles. The van der Waals surface area contributed by atoms with E-state index in [4.69, 9.17) is 0 Å². The molecule has 1 aromatic carbocycles. The summed E-state index contributed by atoms with van der Waals surface area (Å²) in [5, 5.41) is 9.28. The molecule has 3 heteroatoms.